The van der Waals surface area contributed by atoms with Crippen LogP contribution in [0.25, 0.3) is 73.3 Å². The first-order valence-corrected chi connectivity index (χ1v) is 19.9. The summed E-state index contributed by atoms with van der Waals surface area (Å²) < 4.78 is 7.11. The van der Waals surface area contributed by atoms with Crippen LogP contribution < -0.4 is 4.74 Å². The highest BCUT2D eigenvalue weighted by Gasteiger charge is 2.53. The Balaban J connectivity index is 1.15. The molecule has 276 valence electrons. The molecule has 4 heteroatoms. The van der Waals surface area contributed by atoms with E-state index in [1.807, 2.05) is 73.7 Å². The van der Waals surface area contributed by atoms with Gasteiger partial charge in [-0.05, 0) is 51.3 Å². The summed E-state index contributed by atoms with van der Waals surface area (Å²) in [6, 6.07) is 61.6. The Morgan fingerprint density at radius 3 is 1.75 bits per heavy atom. The van der Waals surface area contributed by atoms with E-state index in [2.05, 4.69) is 127 Å². The van der Waals surface area contributed by atoms with Crippen LogP contribution in [0.4, 0.5) is 0 Å². The van der Waals surface area contributed by atoms with E-state index in [1.165, 1.54) is 22.3 Å². The van der Waals surface area contributed by atoms with Gasteiger partial charge in [-0.1, -0.05) is 194 Å². The Kier molecular flexibility index (Phi) is 7.96. The van der Waals surface area contributed by atoms with Gasteiger partial charge >= 0.3 is 0 Å². The number of hydrogen-bond donors (Lipinski definition) is 0. The number of benzene rings is 8. The largest absolute Gasteiger partial charge is 0.455 e. The van der Waals surface area contributed by atoms with Crippen LogP contribution in [-0.4, -0.2) is 15.0 Å². The molecule has 1 aliphatic carbocycles. The number of terminal acetylenes is 1. The summed E-state index contributed by atoms with van der Waals surface area (Å²) >= 11 is 0. The molecule has 4 nitrogen and oxygen atoms in total. The molecule has 1 unspecified atom stereocenters. The van der Waals surface area contributed by atoms with Crippen LogP contribution in [0.5, 0.6) is 11.5 Å². The van der Waals surface area contributed by atoms with Crippen molar-refractivity contribution in [1.82, 2.24) is 15.0 Å². The van der Waals surface area contributed by atoms with Gasteiger partial charge in [-0.15, -0.1) is 6.42 Å². The minimum Gasteiger partial charge on any atom is -0.455 e. The topological polar surface area (TPSA) is 47.9 Å². The molecular formula is C55H35N3O. The molecule has 0 saturated carbocycles. The summed E-state index contributed by atoms with van der Waals surface area (Å²) in [6.07, 6.45) is 10.5. The van der Waals surface area contributed by atoms with Crippen molar-refractivity contribution >= 4 is 16.8 Å². The van der Waals surface area contributed by atoms with E-state index in [0.717, 1.165) is 72.3 Å². The number of ether oxygens (including phenoxy) is 1. The first kappa shape index (κ1) is 34.4. The third-order valence-electron chi connectivity index (χ3n) is 11.8. The minimum absolute atomic E-state index is 0.615. The van der Waals surface area contributed by atoms with Crippen LogP contribution in [0.1, 0.15) is 40.3 Å². The first-order valence-electron chi connectivity index (χ1n) is 19.9. The predicted molar refractivity (Wildman–Crippen MR) is 239 cm³/mol. The highest BCUT2D eigenvalue weighted by molar-refractivity contribution is 5.99. The fourth-order valence-corrected chi connectivity index (χ4v) is 9.26. The van der Waals surface area contributed by atoms with Gasteiger partial charge in [0, 0.05) is 33.2 Å². The van der Waals surface area contributed by atoms with Crippen LogP contribution in [0.15, 0.2) is 182 Å². The van der Waals surface area contributed by atoms with Gasteiger partial charge in [0.05, 0.1) is 11.0 Å². The van der Waals surface area contributed by atoms with E-state index in [1.54, 1.807) is 0 Å². The normalized spacial score (nSPS) is 14.6. The van der Waals surface area contributed by atoms with Crippen molar-refractivity contribution in [3.63, 3.8) is 0 Å². The fraction of sp³-hybridized carbons (Fsp3) is 0.0364. The van der Waals surface area contributed by atoms with Gasteiger partial charge in [0.15, 0.2) is 17.5 Å². The second-order valence-corrected chi connectivity index (χ2v) is 15.0. The number of hydrogen-bond acceptors (Lipinski definition) is 4. The third kappa shape index (κ3) is 5.22. The molecule has 0 amide bonds. The average Bonchev–Trinajstić information content (AvgIpc) is 3.60. The Bertz CT molecular complexity index is 3140. The second-order valence-electron chi connectivity index (χ2n) is 15.0. The van der Waals surface area contributed by atoms with Gasteiger partial charge < -0.3 is 4.74 Å². The van der Waals surface area contributed by atoms with Gasteiger partial charge in [0.2, 0.25) is 0 Å². The molecule has 0 saturated heterocycles. The summed E-state index contributed by atoms with van der Waals surface area (Å²) in [4.78, 5) is 14.9. The second kappa shape index (κ2) is 13.7. The summed E-state index contributed by atoms with van der Waals surface area (Å²) in [6.45, 7) is 2.01. The summed E-state index contributed by atoms with van der Waals surface area (Å²) in [5.41, 5.74) is 12.8. The zero-order valence-corrected chi connectivity index (χ0v) is 32.2. The molecule has 0 fully saturated rings. The Morgan fingerprint density at radius 2 is 1.05 bits per heavy atom. The molecule has 2 aliphatic rings. The maximum Gasteiger partial charge on any atom is 0.164 e. The molecule has 1 atom stereocenters. The van der Waals surface area contributed by atoms with Gasteiger partial charge in [-0.3, -0.25) is 0 Å². The van der Waals surface area contributed by atoms with Crippen LogP contribution in [-0.2, 0) is 5.41 Å². The number of aromatic nitrogens is 3. The van der Waals surface area contributed by atoms with E-state index < -0.39 is 5.41 Å². The number of fused-ring (bicyclic) bond motifs is 11. The Hall–Kier alpha value is -7.87. The van der Waals surface area contributed by atoms with Crippen LogP contribution in [0.2, 0.25) is 0 Å². The van der Waals surface area contributed by atoms with E-state index in [9.17, 15) is 0 Å². The van der Waals surface area contributed by atoms with Gasteiger partial charge in [-0.2, -0.15) is 0 Å². The average molecular weight is 754 g/mol. The van der Waals surface area contributed by atoms with Crippen LogP contribution >= 0.6 is 0 Å². The maximum atomic E-state index is 7.11. The van der Waals surface area contributed by atoms with Crippen molar-refractivity contribution in [2.45, 2.75) is 12.3 Å². The smallest absolute Gasteiger partial charge is 0.164 e. The molecule has 0 bridgehead atoms. The molecule has 1 spiro atoms. The lowest BCUT2D eigenvalue weighted by Crippen LogP contribution is -2.33. The van der Waals surface area contributed by atoms with Gasteiger partial charge in [0.1, 0.15) is 11.5 Å². The van der Waals surface area contributed by atoms with E-state index in [0.29, 0.717) is 17.5 Å². The summed E-state index contributed by atoms with van der Waals surface area (Å²) in [7, 11) is 0. The van der Waals surface area contributed by atoms with Crippen molar-refractivity contribution < 1.29 is 4.74 Å². The van der Waals surface area contributed by atoms with Crippen molar-refractivity contribution in [2.24, 2.45) is 0 Å². The standard InChI is InChI=1S/C55H35N3O/c1-3-16-35-31-33-47-50(41(35)4-2)59-51-43-22-12-11-17-36(43)32-34-48(51)55(47)46-26-14-13-23-44(46)45-25-15-24-42(49(45)55)37-27-29-40(30-28-37)54-57-52(38-18-7-5-8-19-38)56-53(58-54)39-20-9-6-10-21-39/h2-3,5-34H,1H3/b16-3-. The quantitative estimate of drug-likeness (QED) is 0.164. The SMILES string of the molecule is C#Cc1c(/C=C\C)ccc2c1Oc1c(ccc3ccccc13)C21c2ccccc2-c2cccc(-c3ccc(-c4nc(-c5ccccc5)nc(-c5ccccc5)n4)cc3)c21. The van der Waals surface area contributed by atoms with E-state index >= 15 is 0 Å². The summed E-state index contributed by atoms with van der Waals surface area (Å²) in [5.74, 6) is 6.47. The zero-order valence-electron chi connectivity index (χ0n) is 32.2. The van der Waals surface area contributed by atoms with E-state index in [-0.39, 0.29) is 0 Å². The summed E-state index contributed by atoms with van der Waals surface area (Å²) in [5, 5.41) is 2.15. The molecule has 2 heterocycles. The highest BCUT2D eigenvalue weighted by atomic mass is 16.5. The lowest BCUT2D eigenvalue weighted by molar-refractivity contribution is 0.440. The first-order chi connectivity index (χ1) is 29.2. The molecule has 1 aromatic heterocycles. The zero-order chi connectivity index (χ0) is 39.5. The van der Waals surface area contributed by atoms with E-state index in [4.69, 9.17) is 26.1 Å². The molecule has 0 radical (unpaired) electrons. The van der Waals surface area contributed by atoms with Crippen LogP contribution in [0.3, 0.4) is 0 Å². The fourth-order valence-electron chi connectivity index (χ4n) is 9.26. The Labute approximate surface area is 343 Å². The van der Waals surface area contributed by atoms with Gasteiger partial charge in [0.25, 0.3) is 0 Å². The van der Waals surface area contributed by atoms with Gasteiger partial charge in [-0.25, -0.2) is 15.0 Å². The Morgan fingerprint density at radius 1 is 0.492 bits per heavy atom. The van der Waals surface area contributed by atoms with Crippen molar-refractivity contribution in [1.29, 1.82) is 0 Å². The van der Waals surface area contributed by atoms with Crippen LogP contribution in [0, 0.1) is 12.3 Å². The number of rotatable bonds is 5. The van der Waals surface area contributed by atoms with Crippen molar-refractivity contribution in [3.05, 3.63) is 215 Å². The third-order valence-corrected chi connectivity index (χ3v) is 11.8. The molecule has 8 aromatic carbocycles. The number of allylic oxidation sites excluding steroid dienone is 1. The monoisotopic (exact) mass is 753 g/mol. The van der Waals surface area contributed by atoms with Crippen molar-refractivity contribution in [2.75, 3.05) is 0 Å². The lowest BCUT2D eigenvalue weighted by atomic mass is 9.64. The molecule has 0 N–H and O–H groups in total. The molecule has 59 heavy (non-hydrogen) atoms. The maximum absolute atomic E-state index is 7.11. The molecule has 11 rings (SSSR count). The highest BCUT2D eigenvalue weighted by Crippen LogP contribution is 2.65. The minimum atomic E-state index is -0.739. The molecule has 9 aromatic rings. The molecular weight excluding hydrogens is 719 g/mol. The lowest BCUT2D eigenvalue weighted by Gasteiger charge is -2.41. The molecule has 1 aliphatic heterocycles. The number of nitrogens with zero attached hydrogens (tertiary/aromatic N) is 3. The predicted octanol–water partition coefficient (Wildman–Crippen LogP) is 13.2. The van der Waals surface area contributed by atoms with Crippen molar-refractivity contribution in [3.8, 4) is 80.3 Å².